The molecule has 3 aromatic heterocycles. The third-order valence-electron chi connectivity index (χ3n) is 10.2. The molecule has 0 unspecified atom stereocenters. The van der Waals surface area contributed by atoms with Gasteiger partial charge in [-0.05, 0) is 112 Å². The number of nitrogens with zero attached hydrogens (tertiary/aromatic N) is 6. The molecule has 9 aromatic rings. The van der Waals surface area contributed by atoms with E-state index in [0.29, 0.717) is 23.2 Å². The lowest BCUT2D eigenvalue weighted by molar-refractivity contribution is 0.928. The highest BCUT2D eigenvalue weighted by Gasteiger charge is 2.22. The fourth-order valence-electron chi connectivity index (χ4n) is 7.83. The fraction of sp³-hybridized carbons (Fsp3) is 0.130. The molecule has 52 heavy (non-hydrogen) atoms. The molecule has 6 aromatic carbocycles. The van der Waals surface area contributed by atoms with E-state index in [1.807, 2.05) is 26.0 Å². The van der Waals surface area contributed by atoms with Crippen LogP contribution in [0.15, 0.2) is 109 Å². The van der Waals surface area contributed by atoms with Crippen LogP contribution in [0.4, 0.5) is 5.69 Å². The molecule has 6 heteroatoms. The summed E-state index contributed by atoms with van der Waals surface area (Å²) in [4.78, 5) is 18.0. The van der Waals surface area contributed by atoms with Gasteiger partial charge in [0.25, 0.3) is 0 Å². The van der Waals surface area contributed by atoms with Gasteiger partial charge in [-0.2, -0.15) is 0 Å². The van der Waals surface area contributed by atoms with Gasteiger partial charge in [-0.1, -0.05) is 60.7 Å². The van der Waals surface area contributed by atoms with Crippen LogP contribution in [0, 0.1) is 48.1 Å². The van der Waals surface area contributed by atoms with Gasteiger partial charge in [0.05, 0.1) is 34.3 Å². The summed E-state index contributed by atoms with van der Waals surface area (Å²) in [5, 5.41) is 4.77. The second-order valence-electron chi connectivity index (χ2n) is 14.1. The van der Waals surface area contributed by atoms with Crippen LogP contribution in [0.25, 0.3) is 82.3 Å². The largest absolute Gasteiger partial charge is 0.310 e. The van der Waals surface area contributed by atoms with Crippen molar-refractivity contribution < 1.29 is 0 Å². The minimum Gasteiger partial charge on any atom is -0.310 e. The summed E-state index contributed by atoms with van der Waals surface area (Å²) in [6.45, 7) is 20.5. The SMILES string of the molecule is [C-]#[N+]c1ccc(-c2cc(-c3nc(C)nc(C)n3)ccc2-n2c3cc(C)ccc3c3ccc(C)cc32)c(-n2c3cc(C)ccc3c3ccc(C)cc32)c1. The Hall–Kier alpha value is -6.58. The molecule has 0 bridgehead atoms. The third-order valence-corrected chi connectivity index (χ3v) is 10.2. The van der Waals surface area contributed by atoms with Crippen LogP contribution in [-0.4, -0.2) is 24.1 Å². The van der Waals surface area contributed by atoms with Crippen molar-refractivity contribution in [2.45, 2.75) is 41.5 Å². The first kappa shape index (κ1) is 31.4. The van der Waals surface area contributed by atoms with E-state index in [1.165, 1.54) is 43.8 Å². The lowest BCUT2D eigenvalue weighted by atomic mass is 9.97. The van der Waals surface area contributed by atoms with Crippen molar-refractivity contribution in [3.63, 3.8) is 0 Å². The number of fused-ring (bicyclic) bond motifs is 6. The van der Waals surface area contributed by atoms with E-state index in [1.54, 1.807) is 0 Å². The first-order valence-corrected chi connectivity index (χ1v) is 17.6. The molecule has 0 N–H and O–H groups in total. The average molecular weight is 673 g/mol. The smallest absolute Gasteiger partial charge is 0.189 e. The number of hydrogen-bond acceptors (Lipinski definition) is 3. The molecular formula is C46H36N6. The standard InChI is InChI=1S/C46H36N6/c1-26-8-14-34-35-15-9-27(2)21-42(35)51(41(34)20-26)40-19-12-32(46-49-30(5)48-31(6)50-46)24-39(40)38-18-13-33(47-7)25-45(38)52-43-22-28(3)10-16-36(43)37-17-11-29(4)23-44(37)52/h8-25H,1-6H3. The second-order valence-corrected chi connectivity index (χ2v) is 14.1. The zero-order chi connectivity index (χ0) is 35.8. The van der Waals surface area contributed by atoms with Crippen molar-refractivity contribution in [1.29, 1.82) is 0 Å². The van der Waals surface area contributed by atoms with Gasteiger partial charge in [-0.15, -0.1) is 0 Å². The van der Waals surface area contributed by atoms with Crippen LogP contribution in [-0.2, 0) is 0 Å². The normalized spacial score (nSPS) is 11.6. The highest BCUT2D eigenvalue weighted by Crippen LogP contribution is 2.43. The van der Waals surface area contributed by atoms with Gasteiger partial charge >= 0.3 is 0 Å². The number of rotatable bonds is 4. The summed E-state index contributed by atoms with van der Waals surface area (Å²) < 4.78 is 4.75. The lowest BCUT2D eigenvalue weighted by Crippen LogP contribution is -2.03. The molecule has 3 heterocycles. The molecule has 0 atom stereocenters. The van der Waals surface area contributed by atoms with Gasteiger partial charge in [0, 0.05) is 43.9 Å². The fourth-order valence-corrected chi connectivity index (χ4v) is 7.83. The van der Waals surface area contributed by atoms with E-state index in [0.717, 1.165) is 50.1 Å². The van der Waals surface area contributed by atoms with Gasteiger partial charge in [-0.3, -0.25) is 0 Å². The first-order valence-electron chi connectivity index (χ1n) is 17.6. The van der Waals surface area contributed by atoms with Gasteiger partial charge < -0.3 is 9.13 Å². The van der Waals surface area contributed by atoms with Crippen molar-refractivity contribution >= 4 is 49.3 Å². The van der Waals surface area contributed by atoms with E-state index < -0.39 is 0 Å². The number of aryl methyl sites for hydroxylation is 6. The summed E-state index contributed by atoms with van der Waals surface area (Å²) in [6, 6.07) is 39.3. The first-order chi connectivity index (χ1) is 25.2. The maximum Gasteiger partial charge on any atom is 0.189 e. The molecule has 0 amide bonds. The molecule has 0 aliphatic heterocycles. The highest BCUT2D eigenvalue weighted by molar-refractivity contribution is 6.12. The van der Waals surface area contributed by atoms with Gasteiger partial charge in [0.1, 0.15) is 11.6 Å². The van der Waals surface area contributed by atoms with Crippen LogP contribution >= 0.6 is 0 Å². The van der Waals surface area contributed by atoms with E-state index in [-0.39, 0.29) is 0 Å². The number of aromatic nitrogens is 5. The summed E-state index contributed by atoms with van der Waals surface area (Å²) >= 11 is 0. The Morgan fingerprint density at radius 3 is 1.37 bits per heavy atom. The Morgan fingerprint density at radius 2 is 0.904 bits per heavy atom. The number of benzene rings is 6. The predicted octanol–water partition coefficient (Wildman–Crippen LogP) is 11.8. The highest BCUT2D eigenvalue weighted by atomic mass is 15.0. The Balaban J connectivity index is 1.45. The third kappa shape index (κ3) is 4.97. The molecule has 0 spiro atoms. The molecule has 0 fully saturated rings. The van der Waals surface area contributed by atoms with Gasteiger partial charge in [0.2, 0.25) is 0 Å². The maximum atomic E-state index is 8.09. The molecule has 250 valence electrons. The topological polar surface area (TPSA) is 52.9 Å². The van der Waals surface area contributed by atoms with E-state index in [4.69, 9.17) is 16.5 Å². The van der Waals surface area contributed by atoms with Gasteiger partial charge in [0.15, 0.2) is 11.5 Å². The predicted molar refractivity (Wildman–Crippen MR) is 214 cm³/mol. The molecule has 0 saturated carbocycles. The molecule has 6 nitrogen and oxygen atoms in total. The van der Waals surface area contributed by atoms with E-state index >= 15 is 0 Å². The maximum absolute atomic E-state index is 8.09. The van der Waals surface area contributed by atoms with Crippen LogP contribution in [0.2, 0.25) is 0 Å². The second kappa shape index (κ2) is 11.8. The zero-order valence-electron chi connectivity index (χ0n) is 30.1. The Labute approximate surface area is 302 Å². The van der Waals surface area contributed by atoms with Crippen LogP contribution in [0.3, 0.4) is 0 Å². The molecule has 0 saturated heterocycles. The van der Waals surface area contributed by atoms with E-state index in [9.17, 15) is 0 Å². The Kier molecular flexibility index (Phi) is 7.10. The molecule has 0 radical (unpaired) electrons. The summed E-state index contributed by atoms with van der Waals surface area (Å²) in [7, 11) is 0. The Morgan fingerprint density at radius 1 is 0.442 bits per heavy atom. The minimum atomic E-state index is 0.582. The molecule has 0 aliphatic rings. The van der Waals surface area contributed by atoms with Crippen molar-refractivity contribution in [1.82, 2.24) is 24.1 Å². The van der Waals surface area contributed by atoms with E-state index in [2.05, 4.69) is 144 Å². The van der Waals surface area contributed by atoms with Crippen molar-refractivity contribution in [2.24, 2.45) is 0 Å². The summed E-state index contributed by atoms with van der Waals surface area (Å²) in [6.07, 6.45) is 0. The van der Waals surface area contributed by atoms with Gasteiger partial charge in [-0.25, -0.2) is 19.8 Å². The lowest BCUT2D eigenvalue weighted by Gasteiger charge is -2.20. The quantitative estimate of drug-likeness (QED) is 0.175. The Bertz CT molecular complexity index is 2850. The van der Waals surface area contributed by atoms with Crippen LogP contribution in [0.1, 0.15) is 33.9 Å². The zero-order valence-corrected chi connectivity index (χ0v) is 30.1. The average Bonchev–Trinajstić information content (AvgIpc) is 3.60. The van der Waals surface area contributed by atoms with Crippen molar-refractivity contribution in [2.75, 3.05) is 0 Å². The van der Waals surface area contributed by atoms with Crippen LogP contribution < -0.4 is 0 Å². The number of hydrogen-bond donors (Lipinski definition) is 0. The summed E-state index contributed by atoms with van der Waals surface area (Å²) in [5.74, 6) is 1.99. The molecule has 9 rings (SSSR count). The van der Waals surface area contributed by atoms with Crippen LogP contribution in [0.5, 0.6) is 0 Å². The molecule has 0 aliphatic carbocycles. The minimum absolute atomic E-state index is 0.582. The summed E-state index contributed by atoms with van der Waals surface area (Å²) in [5.41, 5.74) is 14.7. The van der Waals surface area contributed by atoms with Crippen molar-refractivity contribution in [3.05, 3.63) is 155 Å². The molecular weight excluding hydrogens is 637 g/mol. The monoisotopic (exact) mass is 672 g/mol. The van der Waals surface area contributed by atoms with Crippen molar-refractivity contribution in [3.8, 4) is 33.9 Å².